The van der Waals surface area contributed by atoms with Gasteiger partial charge in [-0.15, -0.1) is 0 Å². The van der Waals surface area contributed by atoms with Crippen LogP contribution in [0.2, 0.25) is 5.02 Å². The van der Waals surface area contributed by atoms with Crippen LogP contribution < -0.4 is 5.32 Å². The van der Waals surface area contributed by atoms with E-state index in [9.17, 15) is 4.79 Å². The zero-order valence-electron chi connectivity index (χ0n) is 16.3. The molecule has 1 heterocycles. The Morgan fingerprint density at radius 3 is 2.66 bits per heavy atom. The van der Waals surface area contributed by atoms with E-state index in [1.807, 2.05) is 30.3 Å². The van der Waals surface area contributed by atoms with Crippen LogP contribution in [-0.4, -0.2) is 10.9 Å². The van der Waals surface area contributed by atoms with Crippen LogP contribution in [0.4, 0.5) is 5.69 Å². The lowest BCUT2D eigenvalue weighted by Crippen LogP contribution is -2.11. The lowest BCUT2D eigenvalue weighted by molar-refractivity contribution is 0.102. The molecule has 4 nitrogen and oxygen atoms in total. The maximum atomic E-state index is 12.5. The van der Waals surface area contributed by atoms with Gasteiger partial charge < -0.3 is 9.73 Å². The van der Waals surface area contributed by atoms with E-state index in [0.29, 0.717) is 28.1 Å². The van der Waals surface area contributed by atoms with E-state index >= 15 is 0 Å². The summed E-state index contributed by atoms with van der Waals surface area (Å²) < 4.78 is 5.94. The fourth-order valence-corrected chi connectivity index (χ4v) is 3.27. The van der Waals surface area contributed by atoms with Gasteiger partial charge in [0, 0.05) is 21.8 Å². The number of carbonyl (C=O) groups is 1. The number of amides is 1. The fourth-order valence-electron chi connectivity index (χ4n) is 3.14. The Kier molecular flexibility index (Phi) is 5.36. The third-order valence-electron chi connectivity index (χ3n) is 5.07. The van der Waals surface area contributed by atoms with E-state index in [4.69, 9.17) is 16.0 Å². The molecule has 0 radical (unpaired) electrons. The second kappa shape index (κ2) is 8.10. The van der Waals surface area contributed by atoms with E-state index in [2.05, 4.69) is 36.3 Å². The van der Waals surface area contributed by atoms with Gasteiger partial charge in [0.05, 0.1) is 0 Å². The predicted octanol–water partition coefficient (Wildman–Crippen LogP) is 6.91. The number of rotatable bonds is 5. The van der Waals surface area contributed by atoms with Gasteiger partial charge >= 0.3 is 0 Å². The average Bonchev–Trinajstić information content (AvgIpc) is 3.17. The first kappa shape index (κ1) is 19.2. The summed E-state index contributed by atoms with van der Waals surface area (Å²) in [4.78, 5) is 17.1. The Hall–Kier alpha value is -3.11. The molecule has 0 unspecified atom stereocenters. The molecule has 5 heteroatoms. The summed E-state index contributed by atoms with van der Waals surface area (Å²) in [6.07, 6.45) is 1.07. The standard InChI is InChI=1S/C24H21ClN2O2/c1-3-15(2)17-9-12-22-21(14-17)27-24(29-22)18-5-4-6-20(13-18)26-23(28)16-7-10-19(25)11-8-16/h4-15H,3H2,1-2H3,(H,26,28)/t15-/m1/s1. The first-order chi connectivity index (χ1) is 14.0. The van der Waals surface area contributed by atoms with Gasteiger partial charge in [0.25, 0.3) is 5.91 Å². The van der Waals surface area contributed by atoms with Gasteiger partial charge in [-0.1, -0.05) is 37.6 Å². The maximum absolute atomic E-state index is 12.5. The molecule has 1 N–H and O–H groups in total. The highest BCUT2D eigenvalue weighted by atomic mass is 35.5. The molecule has 3 aromatic carbocycles. The van der Waals surface area contributed by atoms with E-state index in [0.717, 1.165) is 23.1 Å². The summed E-state index contributed by atoms with van der Waals surface area (Å²) >= 11 is 5.88. The third kappa shape index (κ3) is 4.17. The van der Waals surface area contributed by atoms with Crippen molar-refractivity contribution >= 4 is 34.3 Å². The number of anilines is 1. The van der Waals surface area contributed by atoms with Crippen molar-refractivity contribution in [1.82, 2.24) is 4.98 Å². The minimum atomic E-state index is -0.199. The van der Waals surface area contributed by atoms with Crippen molar-refractivity contribution in [3.05, 3.63) is 82.9 Å². The molecule has 0 saturated heterocycles. The molecule has 1 atom stereocenters. The maximum Gasteiger partial charge on any atom is 0.255 e. The van der Waals surface area contributed by atoms with Gasteiger partial charge in [0.2, 0.25) is 5.89 Å². The molecular formula is C24H21ClN2O2. The molecule has 1 aromatic heterocycles. The highest BCUT2D eigenvalue weighted by Crippen LogP contribution is 2.29. The van der Waals surface area contributed by atoms with Gasteiger partial charge in [0.1, 0.15) is 5.52 Å². The summed E-state index contributed by atoms with van der Waals surface area (Å²) in [6.45, 7) is 4.38. The number of nitrogens with zero attached hydrogens (tertiary/aromatic N) is 1. The van der Waals surface area contributed by atoms with E-state index in [-0.39, 0.29) is 5.91 Å². The van der Waals surface area contributed by atoms with Crippen molar-refractivity contribution in [2.24, 2.45) is 0 Å². The second-order valence-electron chi connectivity index (χ2n) is 7.10. The van der Waals surface area contributed by atoms with Gasteiger partial charge in [-0.2, -0.15) is 0 Å². The van der Waals surface area contributed by atoms with E-state index in [1.54, 1.807) is 24.3 Å². The van der Waals surface area contributed by atoms with Crippen LogP contribution >= 0.6 is 11.6 Å². The van der Waals surface area contributed by atoms with Crippen molar-refractivity contribution in [3.8, 4) is 11.5 Å². The Bertz CT molecular complexity index is 1170. The molecule has 0 aliphatic rings. The first-order valence-corrected chi connectivity index (χ1v) is 9.99. The number of benzene rings is 3. The summed E-state index contributed by atoms with van der Waals surface area (Å²) in [7, 11) is 0. The molecule has 29 heavy (non-hydrogen) atoms. The van der Waals surface area contributed by atoms with Crippen molar-refractivity contribution < 1.29 is 9.21 Å². The summed E-state index contributed by atoms with van der Waals surface area (Å²) in [5.74, 6) is 0.810. The molecule has 0 saturated carbocycles. The molecule has 0 aliphatic heterocycles. The van der Waals surface area contributed by atoms with Crippen LogP contribution in [-0.2, 0) is 0 Å². The van der Waals surface area contributed by atoms with Gasteiger partial charge in [0.15, 0.2) is 5.58 Å². The molecule has 4 rings (SSSR count). The summed E-state index contributed by atoms with van der Waals surface area (Å²) in [5.41, 5.74) is 4.87. The lowest BCUT2D eigenvalue weighted by Gasteiger charge is -2.07. The van der Waals surface area contributed by atoms with Crippen LogP contribution in [0, 0.1) is 0 Å². The van der Waals surface area contributed by atoms with Gasteiger partial charge in [-0.3, -0.25) is 4.79 Å². The summed E-state index contributed by atoms with van der Waals surface area (Å²) in [5, 5.41) is 3.50. The SMILES string of the molecule is CC[C@@H](C)c1ccc2oc(-c3cccc(NC(=O)c4ccc(Cl)cc4)c3)nc2c1. The molecule has 4 aromatic rings. The monoisotopic (exact) mass is 404 g/mol. The summed E-state index contributed by atoms with van der Waals surface area (Å²) in [6, 6.07) is 20.4. The Labute approximate surface area is 174 Å². The Morgan fingerprint density at radius 2 is 1.90 bits per heavy atom. The Balaban J connectivity index is 1.59. The minimum absolute atomic E-state index is 0.199. The zero-order chi connectivity index (χ0) is 20.4. The number of fused-ring (bicyclic) bond motifs is 1. The smallest absolute Gasteiger partial charge is 0.255 e. The predicted molar refractivity (Wildman–Crippen MR) is 118 cm³/mol. The number of aromatic nitrogens is 1. The molecule has 0 aliphatic carbocycles. The van der Waals surface area contributed by atoms with E-state index in [1.165, 1.54) is 5.56 Å². The number of halogens is 1. The number of oxazole rings is 1. The highest BCUT2D eigenvalue weighted by molar-refractivity contribution is 6.30. The van der Waals surface area contributed by atoms with Crippen molar-refractivity contribution in [1.29, 1.82) is 0 Å². The largest absolute Gasteiger partial charge is 0.436 e. The number of nitrogens with one attached hydrogen (secondary N) is 1. The number of hydrogen-bond donors (Lipinski definition) is 1. The number of carbonyl (C=O) groups excluding carboxylic acids is 1. The van der Waals surface area contributed by atoms with Gasteiger partial charge in [-0.05, 0) is 72.5 Å². The van der Waals surface area contributed by atoms with Crippen molar-refractivity contribution in [2.45, 2.75) is 26.2 Å². The number of hydrogen-bond acceptors (Lipinski definition) is 3. The fraction of sp³-hybridized carbons (Fsp3) is 0.167. The topological polar surface area (TPSA) is 55.1 Å². The van der Waals surface area contributed by atoms with Crippen molar-refractivity contribution in [2.75, 3.05) is 5.32 Å². The van der Waals surface area contributed by atoms with Crippen molar-refractivity contribution in [3.63, 3.8) is 0 Å². The molecule has 0 fully saturated rings. The molecule has 146 valence electrons. The molecule has 0 spiro atoms. The quantitative estimate of drug-likeness (QED) is 0.393. The normalized spacial score (nSPS) is 12.1. The van der Waals surface area contributed by atoms with Crippen LogP contribution in [0.1, 0.15) is 42.1 Å². The lowest BCUT2D eigenvalue weighted by atomic mass is 9.98. The van der Waals surface area contributed by atoms with Gasteiger partial charge in [-0.25, -0.2) is 4.98 Å². The van der Waals surface area contributed by atoms with Crippen LogP contribution in [0.15, 0.2) is 71.1 Å². The highest BCUT2D eigenvalue weighted by Gasteiger charge is 2.12. The average molecular weight is 405 g/mol. The molecule has 1 amide bonds. The van der Waals surface area contributed by atoms with E-state index < -0.39 is 0 Å². The third-order valence-corrected chi connectivity index (χ3v) is 5.32. The molecule has 0 bridgehead atoms. The zero-order valence-corrected chi connectivity index (χ0v) is 17.0. The van der Waals surface area contributed by atoms with Crippen LogP contribution in [0.3, 0.4) is 0 Å². The van der Waals surface area contributed by atoms with Crippen LogP contribution in [0.5, 0.6) is 0 Å². The second-order valence-corrected chi connectivity index (χ2v) is 7.53. The Morgan fingerprint density at radius 1 is 1.10 bits per heavy atom. The first-order valence-electron chi connectivity index (χ1n) is 9.61. The molecular weight excluding hydrogens is 384 g/mol. The minimum Gasteiger partial charge on any atom is -0.436 e. The van der Waals surface area contributed by atoms with Crippen LogP contribution in [0.25, 0.3) is 22.6 Å².